The highest BCUT2D eigenvalue weighted by Crippen LogP contribution is 3.02. The van der Waals surface area contributed by atoms with E-state index in [0.29, 0.717) is 37.9 Å². The van der Waals surface area contributed by atoms with E-state index in [2.05, 4.69) is 27.2 Å². The molecule has 0 bridgehead atoms. The number of halogens is 5. The molecule has 0 spiro atoms. The van der Waals surface area contributed by atoms with Gasteiger partial charge in [-0.25, -0.2) is 9.97 Å². The molecule has 0 radical (unpaired) electrons. The molecule has 0 atom stereocenters. The third kappa shape index (κ3) is 5.31. The molecule has 2 fully saturated rings. The second-order valence-electron chi connectivity index (χ2n) is 10.3. The predicted octanol–water partition coefficient (Wildman–Crippen LogP) is 6.49. The van der Waals surface area contributed by atoms with Crippen molar-refractivity contribution in [2.45, 2.75) is 42.4 Å². The molecular weight excluding hydrogens is 527 g/mol. The van der Waals surface area contributed by atoms with Gasteiger partial charge in [0.25, 0.3) is 5.91 Å². The summed E-state index contributed by atoms with van der Waals surface area (Å²) in [5, 5.41) is 2.47. The molecule has 0 unspecified atom stereocenters. The van der Waals surface area contributed by atoms with Crippen molar-refractivity contribution in [3.8, 4) is 0 Å². The minimum Gasteiger partial charge on any atom is -0.387 e. The summed E-state index contributed by atoms with van der Waals surface area (Å²) in [7, 11) is -6.45. The number of imidazole rings is 1. The maximum absolute atomic E-state index is 13.3. The summed E-state index contributed by atoms with van der Waals surface area (Å²) in [6.45, 7) is 2.80. The smallest absolute Gasteiger partial charge is 0.310 e. The van der Waals surface area contributed by atoms with E-state index in [-0.39, 0.29) is 23.2 Å². The van der Waals surface area contributed by atoms with Crippen molar-refractivity contribution in [3.63, 3.8) is 0 Å². The lowest BCUT2D eigenvalue weighted by Gasteiger charge is -2.41. The summed E-state index contributed by atoms with van der Waals surface area (Å²) in [6.07, 6.45) is 5.10. The van der Waals surface area contributed by atoms with Crippen molar-refractivity contribution < 1.29 is 24.2 Å². The highest BCUT2D eigenvalue weighted by molar-refractivity contribution is 8.45. The largest absolute Gasteiger partial charge is 0.387 e. The summed E-state index contributed by atoms with van der Waals surface area (Å²) >= 11 is 0. The number of amides is 1. The van der Waals surface area contributed by atoms with Crippen LogP contribution in [0.15, 0.2) is 35.4 Å². The van der Waals surface area contributed by atoms with Crippen LogP contribution in [-0.2, 0) is 0 Å². The fourth-order valence-electron chi connectivity index (χ4n) is 5.47. The van der Waals surface area contributed by atoms with Crippen molar-refractivity contribution in [3.05, 3.63) is 47.4 Å². The number of fused-ring (bicyclic) bond motifs is 1. The third-order valence-corrected chi connectivity index (χ3v) is 8.84. The molecule has 1 amide bonds. The number of piperidine rings is 2. The van der Waals surface area contributed by atoms with Crippen LogP contribution >= 0.6 is 10.2 Å². The van der Waals surface area contributed by atoms with Crippen molar-refractivity contribution in [2.24, 2.45) is 0 Å². The van der Waals surface area contributed by atoms with Crippen LogP contribution in [0.5, 0.6) is 0 Å². The van der Waals surface area contributed by atoms with Crippen molar-refractivity contribution in [2.75, 3.05) is 45.6 Å². The number of hydrogen-bond donors (Lipinski definition) is 2. The van der Waals surface area contributed by atoms with Crippen LogP contribution in [0.3, 0.4) is 0 Å². The molecule has 7 nitrogen and oxygen atoms in total. The third-order valence-electron chi connectivity index (χ3n) is 7.70. The number of nitrogens with zero attached hydrogens (tertiary/aromatic N) is 4. The number of H-pyrrole nitrogens is 1. The summed E-state index contributed by atoms with van der Waals surface area (Å²) in [6, 6.07) is 3.39. The summed E-state index contributed by atoms with van der Waals surface area (Å²) < 4.78 is 66.3. The quantitative estimate of drug-likeness (QED) is 0.350. The van der Waals surface area contributed by atoms with Crippen molar-refractivity contribution in [1.29, 1.82) is 0 Å². The number of likely N-dealkylation sites (tertiary alicyclic amines) is 2. The van der Waals surface area contributed by atoms with Gasteiger partial charge < -0.3 is 20.1 Å². The Balaban J connectivity index is 1.31. The minimum absolute atomic E-state index is 0.0714. The van der Waals surface area contributed by atoms with Crippen LogP contribution in [0, 0.1) is 0 Å². The SMILES string of the molecule is CNc1cc(S(F)(F)(F)(F)F)ccc1C(=O)N1CCC(c2ccnc3[nH]c(C4CCN(C)CC4)nc23)CC1. The van der Waals surface area contributed by atoms with E-state index >= 15 is 0 Å². The second-order valence-corrected chi connectivity index (χ2v) is 12.7. The Labute approximate surface area is 217 Å². The first-order valence-electron chi connectivity index (χ1n) is 12.6. The van der Waals surface area contributed by atoms with Crippen molar-refractivity contribution in [1.82, 2.24) is 24.8 Å². The number of aromatic amines is 1. The monoisotopic (exact) mass is 558 g/mol. The Kier molecular flexibility index (Phi) is 6.18. The molecule has 2 aliphatic rings. The Hall–Kier alpha value is -2.93. The van der Waals surface area contributed by atoms with E-state index in [1.807, 2.05) is 6.07 Å². The van der Waals surface area contributed by atoms with Gasteiger partial charge in [-0.05, 0) is 81.6 Å². The van der Waals surface area contributed by atoms with Gasteiger partial charge in [-0.1, -0.05) is 19.4 Å². The maximum Gasteiger partial charge on any atom is 0.310 e. The molecule has 0 aliphatic carbocycles. The Morgan fingerprint density at radius 1 is 1.00 bits per heavy atom. The highest BCUT2D eigenvalue weighted by atomic mass is 32.5. The molecule has 38 heavy (non-hydrogen) atoms. The maximum atomic E-state index is 13.3. The zero-order valence-corrected chi connectivity index (χ0v) is 22.0. The molecule has 208 valence electrons. The molecule has 2 aromatic heterocycles. The molecule has 0 saturated carbocycles. The number of pyridine rings is 1. The number of carbonyl (C=O) groups excluding carboxylic acids is 1. The molecular formula is C25H31F5N6OS. The number of rotatable bonds is 5. The zero-order valence-electron chi connectivity index (χ0n) is 21.2. The van der Waals surface area contributed by atoms with Gasteiger partial charge in [0.05, 0.1) is 5.56 Å². The van der Waals surface area contributed by atoms with Gasteiger partial charge in [-0.2, -0.15) is 0 Å². The van der Waals surface area contributed by atoms with Crippen LogP contribution in [0.1, 0.15) is 59.3 Å². The molecule has 13 heteroatoms. The fraction of sp³-hybridized carbons (Fsp3) is 0.480. The predicted molar refractivity (Wildman–Crippen MR) is 139 cm³/mol. The van der Waals surface area contributed by atoms with Crippen LogP contribution < -0.4 is 5.32 Å². The zero-order chi connectivity index (χ0) is 27.4. The van der Waals surface area contributed by atoms with Gasteiger partial charge in [-0.15, -0.1) is 0 Å². The highest BCUT2D eigenvalue weighted by Gasteiger charge is 2.65. The van der Waals surface area contributed by atoms with E-state index in [9.17, 15) is 24.2 Å². The molecule has 4 heterocycles. The van der Waals surface area contributed by atoms with E-state index < -0.39 is 21.0 Å². The summed E-state index contributed by atoms with van der Waals surface area (Å²) in [4.78, 5) is 27.8. The van der Waals surface area contributed by atoms with Crippen LogP contribution in [0.25, 0.3) is 11.2 Å². The van der Waals surface area contributed by atoms with Crippen molar-refractivity contribution >= 4 is 33.0 Å². The fourth-order valence-corrected chi connectivity index (χ4v) is 6.14. The molecule has 2 saturated heterocycles. The van der Waals surface area contributed by atoms with E-state index in [1.165, 1.54) is 7.05 Å². The number of benzene rings is 1. The molecule has 2 aliphatic heterocycles. The number of anilines is 1. The normalized spacial score (nSPS) is 20.3. The van der Waals surface area contributed by atoms with Crippen LogP contribution in [-0.4, -0.2) is 70.9 Å². The van der Waals surface area contributed by atoms with E-state index in [1.54, 1.807) is 11.1 Å². The van der Waals surface area contributed by atoms with Gasteiger partial charge in [0, 0.05) is 37.9 Å². The topological polar surface area (TPSA) is 77.2 Å². The first kappa shape index (κ1) is 26.7. The molecule has 3 aromatic rings. The molecule has 2 N–H and O–H groups in total. The number of carbonyl (C=O) groups is 1. The Morgan fingerprint density at radius 2 is 1.66 bits per heavy atom. The molecule has 5 rings (SSSR count). The first-order valence-corrected chi connectivity index (χ1v) is 14.6. The first-order chi connectivity index (χ1) is 17.7. The lowest BCUT2D eigenvalue weighted by molar-refractivity contribution is 0.0714. The lowest BCUT2D eigenvalue weighted by atomic mass is 9.89. The number of aromatic nitrogens is 3. The average molecular weight is 559 g/mol. The number of nitrogens with one attached hydrogen (secondary N) is 2. The van der Waals surface area contributed by atoms with Gasteiger partial charge >= 0.3 is 10.2 Å². The minimum atomic E-state index is -9.86. The van der Waals surface area contributed by atoms with E-state index in [4.69, 9.17) is 4.98 Å². The summed E-state index contributed by atoms with van der Waals surface area (Å²) in [5.74, 6) is 0.957. The van der Waals surface area contributed by atoms with Gasteiger partial charge in [0.1, 0.15) is 16.2 Å². The van der Waals surface area contributed by atoms with Gasteiger partial charge in [-0.3, -0.25) is 4.79 Å². The van der Waals surface area contributed by atoms with Crippen LogP contribution in [0.2, 0.25) is 0 Å². The van der Waals surface area contributed by atoms with Crippen LogP contribution in [0.4, 0.5) is 25.1 Å². The lowest BCUT2D eigenvalue weighted by Crippen LogP contribution is -2.38. The van der Waals surface area contributed by atoms with E-state index in [0.717, 1.165) is 54.5 Å². The van der Waals surface area contributed by atoms with Gasteiger partial charge in [0.15, 0.2) is 5.65 Å². The summed E-state index contributed by atoms with van der Waals surface area (Å²) in [5.41, 5.74) is 2.30. The Morgan fingerprint density at radius 3 is 2.29 bits per heavy atom. The average Bonchev–Trinajstić information content (AvgIpc) is 3.31. The standard InChI is InChI=1S/C25H31F5N6OS/c1-31-21-15-18(38(26,27,28,29)30)3-4-20(21)25(37)36-13-8-16(9-14-36)19-5-10-32-24-22(19)33-23(34-24)17-6-11-35(2)12-7-17/h3-5,10,15-17,31H,6-9,11-14H2,1-2H3,(H,32,33,34). The number of hydrogen-bond acceptors (Lipinski definition) is 5. The second kappa shape index (κ2) is 8.80. The Bertz CT molecular complexity index is 1360. The molecule has 1 aromatic carbocycles. The van der Waals surface area contributed by atoms with Gasteiger partial charge in [0.2, 0.25) is 0 Å².